The third kappa shape index (κ3) is 5.53. The van der Waals surface area contributed by atoms with Gasteiger partial charge in [-0.1, -0.05) is 166 Å². The number of para-hydroxylation sites is 1. The standard InChI is InChI=1S/C58H46N2Si2/c1-61(2)55-20-12-9-17-48(55)50-33-31-45(37-57(50)61)59(43-27-22-40(23-28-43)39-14-6-5-7-15-39)44-29-24-41(25-30-44)42-26-35-54-52(36-42)47-16-8-11-19-53(47)60(54)46-32-34-51-49-18-10-13-21-56(49)62(3,4)58(51)38-46/h5-38H,1-4H3. The summed E-state index contributed by atoms with van der Waals surface area (Å²) in [6.45, 7) is 9.99. The van der Waals surface area contributed by atoms with Crippen LogP contribution in [0.3, 0.4) is 0 Å². The lowest BCUT2D eigenvalue weighted by molar-refractivity contribution is 1.18. The molecule has 2 nitrogen and oxygen atoms in total. The van der Waals surface area contributed by atoms with Crippen molar-refractivity contribution in [3.05, 3.63) is 206 Å². The van der Waals surface area contributed by atoms with E-state index in [2.05, 4.69) is 242 Å². The summed E-state index contributed by atoms with van der Waals surface area (Å²) in [6.07, 6.45) is 0. The van der Waals surface area contributed by atoms with Crippen molar-refractivity contribution in [1.29, 1.82) is 0 Å². The molecule has 1 aromatic heterocycles. The highest BCUT2D eigenvalue weighted by Gasteiger charge is 2.39. The summed E-state index contributed by atoms with van der Waals surface area (Å²) in [5.74, 6) is 0. The molecular formula is C58H46N2Si2. The predicted octanol–water partition coefficient (Wildman–Crippen LogP) is 13.2. The lowest BCUT2D eigenvalue weighted by atomic mass is 10.0. The molecule has 4 heteroatoms. The van der Waals surface area contributed by atoms with E-state index in [9.17, 15) is 0 Å². The summed E-state index contributed by atoms with van der Waals surface area (Å²) in [6, 6.07) is 77.3. The Morgan fingerprint density at radius 1 is 0.323 bits per heavy atom. The molecular weight excluding hydrogens is 781 g/mol. The number of anilines is 3. The zero-order valence-electron chi connectivity index (χ0n) is 35.5. The van der Waals surface area contributed by atoms with Crippen molar-refractivity contribution in [1.82, 2.24) is 4.57 Å². The van der Waals surface area contributed by atoms with Gasteiger partial charge in [0.2, 0.25) is 0 Å². The van der Waals surface area contributed by atoms with Crippen LogP contribution >= 0.6 is 0 Å². The van der Waals surface area contributed by atoms with E-state index in [-0.39, 0.29) is 0 Å². The summed E-state index contributed by atoms with van der Waals surface area (Å²) in [5.41, 5.74) is 17.6. The van der Waals surface area contributed by atoms with Crippen LogP contribution in [0.15, 0.2) is 206 Å². The monoisotopic (exact) mass is 826 g/mol. The average molecular weight is 827 g/mol. The zero-order chi connectivity index (χ0) is 41.7. The average Bonchev–Trinajstić information content (AvgIpc) is 3.86. The number of aromatic nitrogens is 1. The second-order valence-electron chi connectivity index (χ2n) is 18.2. The van der Waals surface area contributed by atoms with E-state index in [0.717, 1.165) is 11.4 Å². The Morgan fingerprint density at radius 3 is 1.45 bits per heavy atom. The van der Waals surface area contributed by atoms with Gasteiger partial charge in [0.1, 0.15) is 16.1 Å². The fourth-order valence-corrected chi connectivity index (χ4v) is 17.0. The summed E-state index contributed by atoms with van der Waals surface area (Å²) >= 11 is 0. The smallest absolute Gasteiger partial charge is 0.113 e. The third-order valence-corrected chi connectivity index (χ3v) is 21.1. The quantitative estimate of drug-likeness (QED) is 0.152. The van der Waals surface area contributed by atoms with E-state index in [1.807, 2.05) is 0 Å². The Morgan fingerprint density at radius 2 is 0.790 bits per heavy atom. The van der Waals surface area contributed by atoms with Crippen LogP contribution in [0.25, 0.3) is 72.0 Å². The van der Waals surface area contributed by atoms with E-state index in [1.165, 1.54) is 98.4 Å². The molecule has 0 amide bonds. The summed E-state index contributed by atoms with van der Waals surface area (Å²) in [4.78, 5) is 2.43. The molecule has 0 N–H and O–H groups in total. The molecule has 0 spiro atoms. The second-order valence-corrected chi connectivity index (χ2v) is 26.8. The molecule has 9 aromatic carbocycles. The van der Waals surface area contributed by atoms with Crippen molar-refractivity contribution >= 4 is 75.8 Å². The highest BCUT2D eigenvalue weighted by Crippen LogP contribution is 2.41. The van der Waals surface area contributed by atoms with E-state index in [4.69, 9.17) is 0 Å². The molecule has 10 aromatic rings. The molecule has 0 saturated carbocycles. The topological polar surface area (TPSA) is 8.17 Å². The van der Waals surface area contributed by atoms with Gasteiger partial charge in [0.15, 0.2) is 0 Å². The summed E-state index contributed by atoms with van der Waals surface area (Å²) in [7, 11) is -3.71. The van der Waals surface area contributed by atoms with Crippen molar-refractivity contribution in [2.24, 2.45) is 0 Å². The Kier molecular flexibility index (Phi) is 8.18. The highest BCUT2D eigenvalue weighted by molar-refractivity contribution is 7.04. The lowest BCUT2D eigenvalue weighted by Gasteiger charge is -2.28. The number of nitrogens with zero attached hydrogens (tertiary/aromatic N) is 2. The van der Waals surface area contributed by atoms with E-state index >= 15 is 0 Å². The summed E-state index contributed by atoms with van der Waals surface area (Å²) in [5, 5.41) is 8.64. The van der Waals surface area contributed by atoms with Gasteiger partial charge >= 0.3 is 0 Å². The lowest BCUT2D eigenvalue weighted by Crippen LogP contribution is -2.49. The van der Waals surface area contributed by atoms with E-state index < -0.39 is 16.1 Å². The Hall–Kier alpha value is -6.99. The van der Waals surface area contributed by atoms with Crippen molar-refractivity contribution < 1.29 is 0 Å². The maximum atomic E-state index is 2.50. The van der Waals surface area contributed by atoms with E-state index in [0.29, 0.717) is 0 Å². The minimum absolute atomic E-state index is 1.14. The van der Waals surface area contributed by atoms with Gasteiger partial charge in [0, 0.05) is 33.5 Å². The Balaban J connectivity index is 0.940. The molecule has 0 aliphatic carbocycles. The molecule has 62 heavy (non-hydrogen) atoms. The number of rotatable bonds is 6. The molecule has 0 bridgehead atoms. The normalized spacial score (nSPS) is 14.1. The molecule has 2 aliphatic rings. The van der Waals surface area contributed by atoms with Crippen LogP contribution < -0.4 is 25.6 Å². The third-order valence-electron chi connectivity index (χ3n) is 14.0. The zero-order valence-corrected chi connectivity index (χ0v) is 37.5. The van der Waals surface area contributed by atoms with E-state index in [1.54, 1.807) is 0 Å². The maximum absolute atomic E-state index is 2.50. The molecule has 0 saturated heterocycles. The van der Waals surface area contributed by atoms with Crippen molar-refractivity contribution in [3.63, 3.8) is 0 Å². The first-order valence-electron chi connectivity index (χ1n) is 21.8. The molecule has 0 atom stereocenters. The van der Waals surface area contributed by atoms with Gasteiger partial charge in [-0.05, 0) is 132 Å². The van der Waals surface area contributed by atoms with Gasteiger partial charge in [-0.15, -0.1) is 0 Å². The molecule has 296 valence electrons. The Labute approximate surface area is 366 Å². The number of hydrogen-bond donors (Lipinski definition) is 0. The van der Waals surface area contributed by atoms with Crippen molar-refractivity contribution in [2.75, 3.05) is 4.90 Å². The van der Waals surface area contributed by atoms with Crippen LogP contribution in [0.4, 0.5) is 17.1 Å². The summed E-state index contributed by atoms with van der Waals surface area (Å²) < 4.78 is 2.48. The Bertz CT molecular complexity index is 3400. The number of benzene rings is 9. The number of fused-ring (bicyclic) bond motifs is 9. The second kappa shape index (κ2) is 13.8. The maximum Gasteiger partial charge on any atom is 0.113 e. The SMILES string of the molecule is C[Si]1(C)c2ccccc2-c2ccc(N(c3ccc(-c4ccccc4)cc3)c3ccc(-c4ccc5c(c4)c4ccccc4n5-c4ccc5c(c4)[Si](C)(C)c4ccccc4-5)cc3)cc21. The first-order valence-corrected chi connectivity index (χ1v) is 27.8. The largest absolute Gasteiger partial charge is 0.311 e. The van der Waals surface area contributed by atoms with Crippen LogP contribution in [-0.4, -0.2) is 20.7 Å². The van der Waals surface area contributed by atoms with Gasteiger partial charge in [-0.25, -0.2) is 0 Å². The molecule has 3 heterocycles. The van der Waals surface area contributed by atoms with Gasteiger partial charge < -0.3 is 9.47 Å². The molecule has 0 radical (unpaired) electrons. The molecule has 0 fully saturated rings. The van der Waals surface area contributed by atoms with Crippen molar-refractivity contribution in [2.45, 2.75) is 26.2 Å². The van der Waals surface area contributed by atoms with Gasteiger partial charge in [-0.2, -0.15) is 0 Å². The van der Waals surface area contributed by atoms with Crippen LogP contribution in [-0.2, 0) is 0 Å². The fraction of sp³-hybridized carbons (Fsp3) is 0.0690. The predicted molar refractivity (Wildman–Crippen MR) is 271 cm³/mol. The van der Waals surface area contributed by atoms with Crippen molar-refractivity contribution in [3.8, 4) is 50.2 Å². The number of hydrogen-bond acceptors (Lipinski definition) is 1. The van der Waals surface area contributed by atoms with Crippen LogP contribution in [0, 0.1) is 0 Å². The highest BCUT2D eigenvalue weighted by atomic mass is 28.3. The molecule has 0 unspecified atom stereocenters. The minimum atomic E-state index is -1.88. The van der Waals surface area contributed by atoms with Gasteiger partial charge in [-0.3, -0.25) is 0 Å². The van der Waals surface area contributed by atoms with Crippen LogP contribution in [0.5, 0.6) is 0 Å². The van der Waals surface area contributed by atoms with Gasteiger partial charge in [0.05, 0.1) is 11.0 Å². The molecule has 12 rings (SSSR count). The fourth-order valence-electron chi connectivity index (χ4n) is 10.8. The van der Waals surface area contributed by atoms with Crippen LogP contribution in [0.1, 0.15) is 0 Å². The minimum Gasteiger partial charge on any atom is -0.311 e. The van der Waals surface area contributed by atoms with Gasteiger partial charge in [0.25, 0.3) is 0 Å². The van der Waals surface area contributed by atoms with Crippen LogP contribution in [0.2, 0.25) is 26.2 Å². The first kappa shape index (κ1) is 36.8. The molecule has 2 aliphatic heterocycles. The first-order chi connectivity index (χ1) is 30.3.